The highest BCUT2D eigenvalue weighted by atomic mass is 32.1. The second-order valence-corrected chi connectivity index (χ2v) is 7.94. The maximum absolute atomic E-state index is 13.9. The van der Waals surface area contributed by atoms with Gasteiger partial charge in [-0.2, -0.15) is 0 Å². The van der Waals surface area contributed by atoms with Crippen molar-refractivity contribution in [1.29, 1.82) is 0 Å². The van der Waals surface area contributed by atoms with Gasteiger partial charge in [-0.05, 0) is 26.2 Å². The van der Waals surface area contributed by atoms with Gasteiger partial charge in [-0.15, -0.1) is 11.3 Å². The summed E-state index contributed by atoms with van der Waals surface area (Å²) in [5.41, 5.74) is 0.900. The third kappa shape index (κ3) is 3.74. The molecule has 1 N–H and O–H groups in total. The van der Waals surface area contributed by atoms with Crippen LogP contribution in [0.1, 0.15) is 36.0 Å². The molecule has 2 aliphatic rings. The van der Waals surface area contributed by atoms with E-state index >= 15 is 0 Å². The minimum absolute atomic E-state index is 0.0350. The summed E-state index contributed by atoms with van der Waals surface area (Å²) >= 11 is 1.61. The molecule has 2 fully saturated rings. The average Bonchev–Trinajstić information content (AvgIpc) is 3.25. The topological polar surface area (TPSA) is 63.1 Å². The number of nitrogens with one attached hydrogen (secondary N) is 1. The third-order valence-electron chi connectivity index (χ3n) is 4.82. The minimum Gasteiger partial charge on any atom is -0.364 e. The first-order chi connectivity index (χ1) is 12.1. The number of halogens is 1. The van der Waals surface area contributed by atoms with Gasteiger partial charge in [-0.3, -0.25) is 9.69 Å². The van der Waals surface area contributed by atoms with E-state index in [9.17, 15) is 9.18 Å². The highest BCUT2D eigenvalue weighted by Crippen LogP contribution is 2.33. The molecule has 25 heavy (non-hydrogen) atoms. The predicted molar refractivity (Wildman–Crippen MR) is 95.8 cm³/mol. The van der Waals surface area contributed by atoms with Crippen LogP contribution in [0.25, 0.3) is 0 Å². The van der Waals surface area contributed by atoms with Crippen molar-refractivity contribution in [1.82, 2.24) is 19.4 Å². The van der Waals surface area contributed by atoms with E-state index in [1.165, 1.54) is 0 Å². The van der Waals surface area contributed by atoms with Crippen molar-refractivity contribution in [2.75, 3.05) is 18.4 Å². The van der Waals surface area contributed by atoms with Crippen LogP contribution in [0.2, 0.25) is 0 Å². The predicted octanol–water partition coefficient (Wildman–Crippen LogP) is 2.37. The summed E-state index contributed by atoms with van der Waals surface area (Å²) in [6, 6.07) is 0.356. The molecule has 1 aliphatic heterocycles. The highest BCUT2D eigenvalue weighted by molar-refractivity contribution is 7.09. The molecular formula is C17H22FN5OS. The number of hydrogen-bond donors (Lipinski definition) is 1. The zero-order valence-corrected chi connectivity index (χ0v) is 15.0. The van der Waals surface area contributed by atoms with Crippen molar-refractivity contribution in [3.05, 3.63) is 38.8 Å². The van der Waals surface area contributed by atoms with E-state index < -0.39 is 6.17 Å². The summed E-state index contributed by atoms with van der Waals surface area (Å²) in [4.78, 5) is 23.2. The first-order valence-electron chi connectivity index (χ1n) is 8.70. The molecule has 1 aliphatic carbocycles. The van der Waals surface area contributed by atoms with Gasteiger partial charge in [-0.1, -0.05) is 0 Å². The molecule has 134 valence electrons. The van der Waals surface area contributed by atoms with Crippen LogP contribution in [0.5, 0.6) is 0 Å². The van der Waals surface area contributed by atoms with Crippen molar-refractivity contribution in [2.24, 2.45) is 0 Å². The van der Waals surface area contributed by atoms with E-state index in [1.54, 1.807) is 28.3 Å². The van der Waals surface area contributed by atoms with Gasteiger partial charge >= 0.3 is 0 Å². The molecular weight excluding hydrogens is 341 g/mol. The van der Waals surface area contributed by atoms with Gasteiger partial charge in [-0.25, -0.2) is 14.4 Å². The van der Waals surface area contributed by atoms with Crippen molar-refractivity contribution in [2.45, 2.75) is 51.0 Å². The number of thiazole rings is 1. The summed E-state index contributed by atoms with van der Waals surface area (Å²) in [5, 5.41) is 6.20. The zero-order valence-electron chi connectivity index (χ0n) is 14.2. The molecule has 0 spiro atoms. The van der Waals surface area contributed by atoms with Crippen molar-refractivity contribution >= 4 is 17.2 Å². The Kier molecular flexibility index (Phi) is 4.56. The fraction of sp³-hybridized carbons (Fsp3) is 0.588. The van der Waals surface area contributed by atoms with Crippen LogP contribution in [-0.2, 0) is 6.54 Å². The van der Waals surface area contributed by atoms with E-state index in [-0.39, 0.29) is 11.6 Å². The maximum atomic E-state index is 13.9. The lowest BCUT2D eigenvalue weighted by Gasteiger charge is -2.23. The molecule has 0 bridgehead atoms. The van der Waals surface area contributed by atoms with Crippen molar-refractivity contribution in [3.63, 3.8) is 0 Å². The zero-order chi connectivity index (χ0) is 17.4. The smallest absolute Gasteiger partial charge is 0.293 e. The molecule has 0 radical (unpaired) electrons. The molecule has 0 aromatic carbocycles. The van der Waals surface area contributed by atoms with Gasteiger partial charge in [0.25, 0.3) is 5.56 Å². The van der Waals surface area contributed by atoms with Gasteiger partial charge in [0, 0.05) is 49.5 Å². The molecule has 2 aromatic heterocycles. The number of anilines is 1. The molecule has 1 saturated carbocycles. The summed E-state index contributed by atoms with van der Waals surface area (Å²) in [5.74, 6) is 0.362. The number of likely N-dealkylation sites (tertiary alicyclic amines) is 1. The van der Waals surface area contributed by atoms with Crippen LogP contribution in [-0.4, -0.2) is 44.7 Å². The second kappa shape index (κ2) is 6.84. The van der Waals surface area contributed by atoms with Crippen molar-refractivity contribution < 1.29 is 4.39 Å². The molecule has 2 aromatic rings. The standard InChI is InChI=1S/C17H22FN5OS/c1-11-21-13(10-25-11)9-22-8-12(18)6-15(22)7-20-16-17(24)23(5-4-19-16)14-2-3-14/h4-5,10,12,14-15H,2-3,6-9H2,1H3,(H,19,20)/t12-,15-/m0/s1. The van der Waals surface area contributed by atoms with E-state index in [2.05, 4.69) is 20.2 Å². The maximum Gasteiger partial charge on any atom is 0.293 e. The lowest BCUT2D eigenvalue weighted by Crippen LogP contribution is -2.36. The number of nitrogens with zero attached hydrogens (tertiary/aromatic N) is 4. The summed E-state index contributed by atoms with van der Waals surface area (Å²) in [6.07, 6.45) is 5.14. The number of rotatable bonds is 6. The molecule has 6 nitrogen and oxygen atoms in total. The Balaban J connectivity index is 1.42. The number of hydrogen-bond acceptors (Lipinski definition) is 6. The van der Waals surface area contributed by atoms with Gasteiger partial charge in [0.15, 0.2) is 5.82 Å². The van der Waals surface area contributed by atoms with Crippen LogP contribution < -0.4 is 10.9 Å². The average molecular weight is 363 g/mol. The number of alkyl halides is 1. The normalized spacial score (nSPS) is 23.9. The number of aryl methyl sites for hydroxylation is 1. The lowest BCUT2D eigenvalue weighted by molar-refractivity contribution is 0.239. The first-order valence-corrected chi connectivity index (χ1v) is 9.58. The molecule has 4 rings (SSSR count). The Morgan fingerprint density at radius 2 is 2.28 bits per heavy atom. The summed E-state index contributed by atoms with van der Waals surface area (Å²) < 4.78 is 15.7. The van der Waals surface area contributed by atoms with Crippen LogP contribution in [0.4, 0.5) is 10.2 Å². The Bertz CT molecular complexity index is 802. The SMILES string of the molecule is Cc1nc(CN2C[C@@H](F)C[C@H]2CNc2nccn(C3CC3)c2=O)cs1. The Morgan fingerprint density at radius 1 is 1.44 bits per heavy atom. The van der Waals surface area contributed by atoms with Crippen LogP contribution in [0.3, 0.4) is 0 Å². The second-order valence-electron chi connectivity index (χ2n) is 6.87. The quantitative estimate of drug-likeness (QED) is 0.854. The van der Waals surface area contributed by atoms with E-state index in [0.717, 1.165) is 23.5 Å². The van der Waals surface area contributed by atoms with Crippen LogP contribution in [0, 0.1) is 6.92 Å². The van der Waals surface area contributed by atoms with E-state index in [4.69, 9.17) is 0 Å². The lowest BCUT2D eigenvalue weighted by atomic mass is 10.2. The van der Waals surface area contributed by atoms with Gasteiger partial charge < -0.3 is 9.88 Å². The largest absolute Gasteiger partial charge is 0.364 e. The van der Waals surface area contributed by atoms with E-state index in [1.807, 2.05) is 12.3 Å². The molecule has 0 unspecified atom stereocenters. The van der Waals surface area contributed by atoms with Gasteiger partial charge in [0.2, 0.25) is 0 Å². The first kappa shape index (κ1) is 16.7. The van der Waals surface area contributed by atoms with Crippen molar-refractivity contribution in [3.8, 4) is 0 Å². The Hall–Kier alpha value is -1.80. The Labute approximate surface area is 149 Å². The molecule has 3 heterocycles. The summed E-state index contributed by atoms with van der Waals surface area (Å²) in [7, 11) is 0. The molecule has 1 saturated heterocycles. The minimum atomic E-state index is -0.835. The van der Waals surface area contributed by atoms with E-state index in [0.29, 0.717) is 37.9 Å². The molecule has 8 heteroatoms. The fourth-order valence-electron chi connectivity index (χ4n) is 3.42. The third-order valence-corrected chi connectivity index (χ3v) is 5.64. The fourth-order valence-corrected chi connectivity index (χ4v) is 4.02. The highest BCUT2D eigenvalue weighted by Gasteiger charge is 2.32. The summed E-state index contributed by atoms with van der Waals surface area (Å²) in [6.45, 7) is 3.55. The molecule has 0 amide bonds. The molecule has 2 atom stereocenters. The van der Waals surface area contributed by atoms with Gasteiger partial charge in [0.05, 0.1) is 10.7 Å². The van der Waals surface area contributed by atoms with Crippen LogP contribution in [0.15, 0.2) is 22.6 Å². The number of aromatic nitrogens is 3. The van der Waals surface area contributed by atoms with Crippen LogP contribution >= 0.6 is 11.3 Å². The monoisotopic (exact) mass is 363 g/mol. The Morgan fingerprint density at radius 3 is 3.00 bits per heavy atom. The van der Waals surface area contributed by atoms with Gasteiger partial charge in [0.1, 0.15) is 6.17 Å².